The highest BCUT2D eigenvalue weighted by molar-refractivity contribution is 7.99. The molecule has 2 aromatic rings. The molecule has 1 saturated heterocycles. The molecule has 0 unspecified atom stereocenters. The van der Waals surface area contributed by atoms with Crippen LogP contribution in [0.4, 0.5) is 5.69 Å². The zero-order chi connectivity index (χ0) is 17.0. The molecule has 1 fully saturated rings. The lowest BCUT2D eigenvalue weighted by molar-refractivity contribution is -0.116. The van der Waals surface area contributed by atoms with E-state index in [0.29, 0.717) is 6.42 Å². The standard InChI is InChI=1S/C17H18N2O3S2/c20-17(12-23-16-8-4-5-10-18-16)19(14-6-2-1-3-7-14)15-9-11-24(21,22)13-15/h1-8,10,15H,9,11-13H2/t15-/m0/s1. The lowest BCUT2D eigenvalue weighted by Crippen LogP contribution is -2.42. The molecular weight excluding hydrogens is 344 g/mol. The summed E-state index contributed by atoms with van der Waals surface area (Å²) in [6, 6.07) is 14.5. The first-order valence-corrected chi connectivity index (χ1v) is 10.5. The maximum absolute atomic E-state index is 12.8. The van der Waals surface area contributed by atoms with Crippen LogP contribution in [0.25, 0.3) is 0 Å². The largest absolute Gasteiger partial charge is 0.308 e. The molecule has 0 radical (unpaired) electrons. The average molecular weight is 362 g/mol. The smallest absolute Gasteiger partial charge is 0.237 e. The first-order valence-electron chi connectivity index (χ1n) is 7.66. The number of hydrogen-bond donors (Lipinski definition) is 0. The summed E-state index contributed by atoms with van der Waals surface area (Å²) in [6.07, 6.45) is 2.17. The van der Waals surface area contributed by atoms with Gasteiger partial charge in [0.2, 0.25) is 5.91 Å². The maximum atomic E-state index is 12.8. The molecule has 0 spiro atoms. The summed E-state index contributed by atoms with van der Waals surface area (Å²) >= 11 is 1.36. The van der Waals surface area contributed by atoms with Crippen LogP contribution in [0.1, 0.15) is 6.42 Å². The van der Waals surface area contributed by atoms with E-state index in [1.54, 1.807) is 11.1 Å². The second-order valence-corrected chi connectivity index (χ2v) is 8.84. The Hall–Kier alpha value is -1.86. The topological polar surface area (TPSA) is 67.3 Å². The maximum Gasteiger partial charge on any atom is 0.237 e. The van der Waals surface area contributed by atoms with Crippen molar-refractivity contribution >= 4 is 33.2 Å². The molecule has 24 heavy (non-hydrogen) atoms. The average Bonchev–Trinajstić information content (AvgIpc) is 2.95. The Balaban J connectivity index is 1.78. The Morgan fingerprint density at radius 2 is 1.92 bits per heavy atom. The lowest BCUT2D eigenvalue weighted by Gasteiger charge is -2.28. The first-order chi connectivity index (χ1) is 11.6. The number of aromatic nitrogens is 1. The van der Waals surface area contributed by atoms with E-state index in [1.807, 2.05) is 48.5 Å². The fourth-order valence-corrected chi connectivity index (χ4v) is 5.18. The number of benzene rings is 1. The molecule has 126 valence electrons. The minimum atomic E-state index is -3.06. The summed E-state index contributed by atoms with van der Waals surface area (Å²) in [7, 11) is -3.06. The number of anilines is 1. The van der Waals surface area contributed by atoms with Crippen LogP contribution in [-0.4, -0.2) is 42.6 Å². The van der Waals surface area contributed by atoms with Crippen molar-refractivity contribution in [2.45, 2.75) is 17.5 Å². The summed E-state index contributed by atoms with van der Waals surface area (Å²) < 4.78 is 23.7. The Morgan fingerprint density at radius 3 is 2.54 bits per heavy atom. The second kappa shape index (κ2) is 7.36. The summed E-state index contributed by atoms with van der Waals surface area (Å²) in [5.74, 6) is 0.297. The third-order valence-corrected chi connectivity index (χ3v) is 6.54. The van der Waals surface area contributed by atoms with Gasteiger partial charge in [-0.15, -0.1) is 0 Å². The quantitative estimate of drug-likeness (QED) is 0.764. The lowest BCUT2D eigenvalue weighted by atomic mass is 10.2. The van der Waals surface area contributed by atoms with Gasteiger partial charge in [-0.1, -0.05) is 36.0 Å². The molecule has 0 saturated carbocycles. The summed E-state index contributed by atoms with van der Waals surface area (Å²) in [5.41, 5.74) is 0.742. The highest BCUT2D eigenvalue weighted by Crippen LogP contribution is 2.26. The Bertz CT molecular complexity index is 795. The van der Waals surface area contributed by atoms with Crippen LogP contribution in [0.3, 0.4) is 0 Å². The van der Waals surface area contributed by atoms with E-state index in [1.165, 1.54) is 11.8 Å². The zero-order valence-electron chi connectivity index (χ0n) is 13.0. The number of carbonyl (C=O) groups is 1. The van der Waals surface area contributed by atoms with Gasteiger partial charge >= 0.3 is 0 Å². The highest BCUT2D eigenvalue weighted by atomic mass is 32.2. The summed E-state index contributed by atoms with van der Waals surface area (Å²) in [4.78, 5) is 18.6. The minimum Gasteiger partial charge on any atom is -0.308 e. The number of rotatable bonds is 5. The van der Waals surface area contributed by atoms with Crippen LogP contribution in [0.2, 0.25) is 0 Å². The van der Waals surface area contributed by atoms with Gasteiger partial charge < -0.3 is 4.90 Å². The predicted molar refractivity (Wildman–Crippen MR) is 95.9 cm³/mol. The SMILES string of the molecule is O=C(CSc1ccccn1)N(c1ccccc1)[C@H]1CCS(=O)(=O)C1. The third-order valence-electron chi connectivity index (χ3n) is 3.86. The van der Waals surface area contributed by atoms with Gasteiger partial charge in [0, 0.05) is 11.9 Å². The highest BCUT2D eigenvalue weighted by Gasteiger charge is 2.35. The van der Waals surface area contributed by atoms with Crippen molar-refractivity contribution in [2.75, 3.05) is 22.2 Å². The van der Waals surface area contributed by atoms with Gasteiger partial charge in [-0.05, 0) is 30.7 Å². The molecule has 1 atom stereocenters. The zero-order valence-corrected chi connectivity index (χ0v) is 14.7. The van der Waals surface area contributed by atoms with Crippen LogP contribution >= 0.6 is 11.8 Å². The molecule has 1 aromatic carbocycles. The van der Waals surface area contributed by atoms with Gasteiger partial charge in [0.05, 0.1) is 28.3 Å². The van der Waals surface area contributed by atoms with E-state index >= 15 is 0 Å². The fourth-order valence-electron chi connectivity index (χ4n) is 2.76. The van der Waals surface area contributed by atoms with Crippen molar-refractivity contribution in [3.05, 3.63) is 54.7 Å². The van der Waals surface area contributed by atoms with Gasteiger partial charge in [-0.2, -0.15) is 0 Å². The summed E-state index contributed by atoms with van der Waals surface area (Å²) in [5, 5.41) is 0.776. The molecule has 0 bridgehead atoms. The van der Waals surface area contributed by atoms with E-state index in [9.17, 15) is 13.2 Å². The van der Waals surface area contributed by atoms with E-state index in [-0.39, 0.29) is 29.2 Å². The van der Waals surface area contributed by atoms with Crippen LogP contribution < -0.4 is 4.90 Å². The van der Waals surface area contributed by atoms with Crippen molar-refractivity contribution in [1.82, 2.24) is 4.98 Å². The molecule has 1 amide bonds. The number of sulfone groups is 1. The van der Waals surface area contributed by atoms with E-state index in [4.69, 9.17) is 0 Å². The van der Waals surface area contributed by atoms with Crippen molar-refractivity contribution in [3.8, 4) is 0 Å². The van der Waals surface area contributed by atoms with Crippen molar-refractivity contribution < 1.29 is 13.2 Å². The molecule has 3 rings (SSSR count). The van der Waals surface area contributed by atoms with Gasteiger partial charge in [0.1, 0.15) is 0 Å². The monoisotopic (exact) mass is 362 g/mol. The number of carbonyl (C=O) groups excluding carboxylic acids is 1. The van der Waals surface area contributed by atoms with Crippen LogP contribution in [0.15, 0.2) is 59.8 Å². The molecule has 2 heterocycles. The molecule has 0 aliphatic carbocycles. The molecule has 1 aliphatic rings. The first kappa shape index (κ1) is 17.0. The van der Waals surface area contributed by atoms with Gasteiger partial charge in [-0.3, -0.25) is 4.79 Å². The number of thioether (sulfide) groups is 1. The number of hydrogen-bond acceptors (Lipinski definition) is 5. The number of pyridine rings is 1. The molecule has 1 aromatic heterocycles. The summed E-state index contributed by atoms with van der Waals surface area (Å²) in [6.45, 7) is 0. The molecule has 5 nitrogen and oxygen atoms in total. The number of nitrogens with zero attached hydrogens (tertiary/aromatic N) is 2. The minimum absolute atomic E-state index is 0.0297. The normalized spacial score (nSPS) is 19.1. The van der Waals surface area contributed by atoms with Crippen LogP contribution in [-0.2, 0) is 14.6 Å². The van der Waals surface area contributed by atoms with E-state index in [0.717, 1.165) is 10.7 Å². The number of amides is 1. The van der Waals surface area contributed by atoms with Crippen molar-refractivity contribution in [2.24, 2.45) is 0 Å². The second-order valence-electron chi connectivity index (χ2n) is 5.61. The van der Waals surface area contributed by atoms with E-state index in [2.05, 4.69) is 4.98 Å². The Labute approximate surface area is 146 Å². The predicted octanol–water partition coefficient (Wildman–Crippen LogP) is 2.39. The van der Waals surface area contributed by atoms with Gasteiger partial charge in [-0.25, -0.2) is 13.4 Å². The molecule has 7 heteroatoms. The molecular formula is C17H18N2O3S2. The number of para-hydroxylation sites is 1. The Kier molecular flexibility index (Phi) is 5.20. The third kappa shape index (κ3) is 4.15. The fraction of sp³-hybridized carbons (Fsp3) is 0.294. The van der Waals surface area contributed by atoms with Crippen molar-refractivity contribution in [3.63, 3.8) is 0 Å². The van der Waals surface area contributed by atoms with Gasteiger partial charge in [0.15, 0.2) is 9.84 Å². The van der Waals surface area contributed by atoms with Crippen LogP contribution in [0, 0.1) is 0 Å². The van der Waals surface area contributed by atoms with Crippen LogP contribution in [0.5, 0.6) is 0 Å². The van der Waals surface area contributed by atoms with Crippen molar-refractivity contribution in [1.29, 1.82) is 0 Å². The molecule has 0 N–H and O–H groups in total. The van der Waals surface area contributed by atoms with Gasteiger partial charge in [0.25, 0.3) is 0 Å². The van der Waals surface area contributed by atoms with E-state index < -0.39 is 9.84 Å². The molecule has 1 aliphatic heterocycles. The Morgan fingerprint density at radius 1 is 1.17 bits per heavy atom.